The zero-order valence-electron chi connectivity index (χ0n) is 15.1. The van der Waals surface area contributed by atoms with Crippen LogP contribution in [0.25, 0.3) is 0 Å². The van der Waals surface area contributed by atoms with Gasteiger partial charge in [-0.25, -0.2) is 0 Å². The Morgan fingerprint density at radius 3 is 2.65 bits per heavy atom. The molecule has 5 nitrogen and oxygen atoms in total. The van der Waals surface area contributed by atoms with Crippen molar-refractivity contribution in [2.75, 3.05) is 13.7 Å². The number of amides is 1. The van der Waals surface area contributed by atoms with Crippen LogP contribution in [0.1, 0.15) is 30.2 Å². The van der Waals surface area contributed by atoms with Gasteiger partial charge in [0.25, 0.3) is 0 Å². The molecular weight excluding hydrogens is 372 g/mol. The smallest absolute Gasteiger partial charge is 0.242 e. The van der Waals surface area contributed by atoms with Gasteiger partial charge >= 0.3 is 0 Å². The maximum atomic E-state index is 12.5. The van der Waals surface area contributed by atoms with Gasteiger partial charge in [-0.05, 0) is 48.9 Å². The van der Waals surface area contributed by atoms with E-state index in [4.69, 9.17) is 15.2 Å². The van der Waals surface area contributed by atoms with Crippen molar-refractivity contribution in [3.8, 4) is 11.5 Å². The Morgan fingerprint density at radius 2 is 2.08 bits per heavy atom. The molecule has 1 aromatic heterocycles. The number of hydrogen-bond donors (Lipinski definition) is 1. The molecule has 1 saturated carbocycles. The first-order valence-corrected chi connectivity index (χ1v) is 9.34. The zero-order chi connectivity index (χ0) is 17.9. The summed E-state index contributed by atoms with van der Waals surface area (Å²) in [5, 5.41) is 2.03. The Hall–Kier alpha value is -1.76. The maximum absolute atomic E-state index is 12.5. The summed E-state index contributed by atoms with van der Waals surface area (Å²) < 4.78 is 11.3. The van der Waals surface area contributed by atoms with Crippen LogP contribution < -0.4 is 15.2 Å². The molecule has 0 saturated heterocycles. The van der Waals surface area contributed by atoms with E-state index in [2.05, 4.69) is 0 Å². The minimum absolute atomic E-state index is 0. The van der Waals surface area contributed by atoms with Gasteiger partial charge in [0.05, 0.1) is 12.6 Å². The number of methoxy groups -OCH3 is 1. The van der Waals surface area contributed by atoms with Crippen molar-refractivity contribution in [2.45, 2.75) is 38.5 Å². The molecule has 0 aliphatic heterocycles. The van der Waals surface area contributed by atoms with E-state index in [0.29, 0.717) is 31.2 Å². The van der Waals surface area contributed by atoms with Crippen molar-refractivity contribution in [3.05, 3.63) is 46.2 Å². The second-order valence-corrected chi connectivity index (χ2v) is 7.36. The van der Waals surface area contributed by atoms with E-state index in [1.807, 2.05) is 42.6 Å². The normalized spacial score (nSPS) is 14.3. The third-order valence-corrected chi connectivity index (χ3v) is 5.28. The molecule has 0 unspecified atom stereocenters. The van der Waals surface area contributed by atoms with Gasteiger partial charge < -0.3 is 20.1 Å². The number of nitrogens with two attached hydrogens (primary N) is 1. The van der Waals surface area contributed by atoms with Crippen molar-refractivity contribution in [2.24, 2.45) is 5.73 Å². The molecule has 1 aliphatic carbocycles. The highest BCUT2D eigenvalue weighted by molar-refractivity contribution is 7.09. The minimum atomic E-state index is -0.635. The monoisotopic (exact) mass is 396 g/mol. The van der Waals surface area contributed by atoms with Crippen molar-refractivity contribution in [1.29, 1.82) is 0 Å². The molecule has 0 atom stereocenters. The highest BCUT2D eigenvalue weighted by Crippen LogP contribution is 2.35. The van der Waals surface area contributed by atoms with Crippen LogP contribution in [-0.2, 0) is 17.9 Å². The Balaban J connectivity index is 0.00000243. The third-order valence-electron chi connectivity index (χ3n) is 4.44. The Kier molecular flexibility index (Phi) is 6.92. The van der Waals surface area contributed by atoms with E-state index in [9.17, 15) is 4.79 Å². The summed E-state index contributed by atoms with van der Waals surface area (Å²) >= 11 is 1.66. The van der Waals surface area contributed by atoms with Crippen LogP contribution in [0.2, 0.25) is 0 Å². The molecule has 2 N–H and O–H groups in total. The van der Waals surface area contributed by atoms with E-state index in [1.54, 1.807) is 23.3 Å². The molecule has 1 aromatic carbocycles. The fraction of sp³-hybridized carbons (Fsp3) is 0.421. The minimum Gasteiger partial charge on any atom is -0.493 e. The molecule has 1 fully saturated rings. The van der Waals surface area contributed by atoms with Gasteiger partial charge in [-0.1, -0.05) is 12.1 Å². The van der Waals surface area contributed by atoms with Crippen LogP contribution >= 0.6 is 23.7 Å². The summed E-state index contributed by atoms with van der Waals surface area (Å²) in [5.41, 5.74) is 6.42. The molecule has 2 aromatic rings. The van der Waals surface area contributed by atoms with E-state index in [1.165, 1.54) is 0 Å². The number of rotatable bonds is 8. The number of benzene rings is 1. The van der Waals surface area contributed by atoms with Crippen LogP contribution in [0.15, 0.2) is 35.7 Å². The van der Waals surface area contributed by atoms with Gasteiger partial charge in [0.2, 0.25) is 5.91 Å². The topological polar surface area (TPSA) is 64.8 Å². The molecule has 0 spiro atoms. The predicted molar refractivity (Wildman–Crippen MR) is 106 cm³/mol. The van der Waals surface area contributed by atoms with Gasteiger partial charge in [0.15, 0.2) is 11.5 Å². The first-order chi connectivity index (χ1) is 12.1. The summed E-state index contributed by atoms with van der Waals surface area (Å²) in [7, 11) is 1.62. The van der Waals surface area contributed by atoms with E-state index < -0.39 is 5.54 Å². The number of nitrogens with zero attached hydrogens (tertiary/aromatic N) is 1. The number of thiophene rings is 1. The molecule has 142 valence electrons. The number of ether oxygens (including phenoxy) is 2. The number of halogens is 1. The van der Waals surface area contributed by atoms with E-state index in [-0.39, 0.29) is 18.3 Å². The summed E-state index contributed by atoms with van der Waals surface area (Å²) in [6.07, 6.45) is 1.56. The summed E-state index contributed by atoms with van der Waals surface area (Å²) in [5.74, 6) is 1.41. The quantitative estimate of drug-likeness (QED) is 0.740. The first-order valence-electron chi connectivity index (χ1n) is 8.46. The summed E-state index contributed by atoms with van der Waals surface area (Å²) in [6, 6.07) is 9.84. The SMILES string of the molecule is CCN(Cc1ccc(OCc2cccs2)c(OC)c1)C(=O)C1(N)CC1.Cl. The predicted octanol–water partition coefficient (Wildman–Crippen LogP) is 3.60. The van der Waals surface area contributed by atoms with Crippen LogP contribution in [0.3, 0.4) is 0 Å². The average molecular weight is 397 g/mol. The number of carbonyl (C=O) groups excluding carboxylic acids is 1. The lowest BCUT2D eigenvalue weighted by molar-refractivity contribution is -0.134. The van der Waals surface area contributed by atoms with Gasteiger partial charge in [0.1, 0.15) is 6.61 Å². The van der Waals surface area contributed by atoms with Crippen molar-refractivity contribution in [3.63, 3.8) is 0 Å². The van der Waals surface area contributed by atoms with E-state index in [0.717, 1.165) is 23.3 Å². The average Bonchev–Trinajstić information content (AvgIpc) is 3.17. The highest BCUT2D eigenvalue weighted by Gasteiger charge is 2.47. The molecule has 0 bridgehead atoms. The van der Waals surface area contributed by atoms with Crippen LogP contribution in [-0.4, -0.2) is 30.0 Å². The molecule has 0 radical (unpaired) electrons. The molecule has 1 heterocycles. The lowest BCUT2D eigenvalue weighted by Crippen LogP contribution is -2.45. The summed E-state index contributed by atoms with van der Waals surface area (Å²) in [4.78, 5) is 15.4. The summed E-state index contributed by atoms with van der Waals surface area (Å²) in [6.45, 7) is 3.65. The second kappa shape index (κ2) is 8.75. The Labute approximate surface area is 164 Å². The Bertz CT molecular complexity index is 732. The molecule has 1 amide bonds. The molecule has 3 rings (SSSR count). The molecule has 26 heavy (non-hydrogen) atoms. The van der Waals surface area contributed by atoms with Crippen molar-refractivity contribution >= 4 is 29.7 Å². The number of hydrogen-bond acceptors (Lipinski definition) is 5. The standard InChI is InChI=1S/C19H24N2O3S.ClH/c1-3-21(18(22)19(20)8-9-19)12-14-6-7-16(17(11-14)23-2)24-13-15-5-4-10-25-15;/h4-7,10-11H,3,8-9,12-13,20H2,1-2H3;1H. The van der Waals surface area contributed by atoms with Crippen molar-refractivity contribution in [1.82, 2.24) is 4.90 Å². The third kappa shape index (κ3) is 4.69. The van der Waals surface area contributed by atoms with Gasteiger partial charge in [-0.15, -0.1) is 23.7 Å². The van der Waals surface area contributed by atoms with Crippen LogP contribution in [0, 0.1) is 0 Å². The zero-order valence-corrected chi connectivity index (χ0v) is 16.7. The number of likely N-dealkylation sites (N-methyl/N-ethyl adjacent to an activating group) is 1. The lowest BCUT2D eigenvalue weighted by Gasteiger charge is -2.24. The Morgan fingerprint density at radius 1 is 1.31 bits per heavy atom. The first kappa shape index (κ1) is 20.6. The van der Waals surface area contributed by atoms with Gasteiger partial charge in [-0.3, -0.25) is 4.79 Å². The molecule has 7 heteroatoms. The highest BCUT2D eigenvalue weighted by atomic mass is 35.5. The van der Waals surface area contributed by atoms with Gasteiger partial charge in [0, 0.05) is 18.0 Å². The largest absolute Gasteiger partial charge is 0.493 e. The van der Waals surface area contributed by atoms with Gasteiger partial charge in [-0.2, -0.15) is 0 Å². The fourth-order valence-corrected chi connectivity index (χ4v) is 3.30. The maximum Gasteiger partial charge on any atom is 0.242 e. The van der Waals surface area contributed by atoms with Crippen molar-refractivity contribution < 1.29 is 14.3 Å². The van der Waals surface area contributed by atoms with E-state index >= 15 is 0 Å². The lowest BCUT2D eigenvalue weighted by atomic mass is 10.1. The number of carbonyl (C=O) groups is 1. The van der Waals surface area contributed by atoms with Crippen LogP contribution in [0.5, 0.6) is 11.5 Å². The molecule has 1 aliphatic rings. The second-order valence-electron chi connectivity index (χ2n) is 6.33. The van der Waals surface area contributed by atoms with Crippen LogP contribution in [0.4, 0.5) is 0 Å². The fourth-order valence-electron chi connectivity index (χ4n) is 2.68. The molecular formula is C19H25ClN2O3S.